The van der Waals surface area contributed by atoms with Gasteiger partial charge in [-0.1, -0.05) is 6.92 Å². The molecule has 0 bridgehead atoms. The van der Waals surface area contributed by atoms with E-state index in [1.807, 2.05) is 26.3 Å². The number of carbonyl (C=O) groups is 2. The molecule has 2 atom stereocenters. The van der Waals surface area contributed by atoms with Crippen LogP contribution in [0, 0.1) is 0 Å². The molecule has 2 unspecified atom stereocenters. The monoisotopic (exact) mass is 282 g/mol. The molecule has 19 heavy (non-hydrogen) atoms. The molecule has 0 aromatic carbocycles. The highest BCUT2D eigenvalue weighted by Gasteiger charge is 2.34. The maximum absolute atomic E-state index is 11.8. The van der Waals surface area contributed by atoms with E-state index in [0.29, 0.717) is 6.42 Å². The van der Waals surface area contributed by atoms with E-state index in [1.54, 1.807) is 4.90 Å². The summed E-state index contributed by atoms with van der Waals surface area (Å²) < 4.78 is 0. The average Bonchev–Trinajstić information content (AvgIpc) is 2.86. The van der Waals surface area contributed by atoms with Crippen LogP contribution in [0.2, 0.25) is 0 Å². The van der Waals surface area contributed by atoms with Crippen LogP contribution in [-0.4, -0.2) is 36.4 Å². The smallest absolute Gasteiger partial charge is 0.249 e. The first-order valence-corrected chi connectivity index (χ1v) is 7.17. The predicted octanol–water partition coefficient (Wildman–Crippen LogP) is 0.665. The highest BCUT2D eigenvalue weighted by Crippen LogP contribution is 2.27. The Kier molecular flexibility index (Phi) is 4.16. The average molecular weight is 282 g/mol. The molecule has 1 aromatic heterocycles. The zero-order valence-corrected chi connectivity index (χ0v) is 12.1. The van der Waals surface area contributed by atoms with Crippen molar-refractivity contribution in [2.45, 2.75) is 32.4 Å². The Morgan fingerprint density at radius 3 is 3.00 bits per heavy atom. The van der Waals surface area contributed by atoms with Gasteiger partial charge in [0.25, 0.3) is 0 Å². The Hall–Kier alpha value is -1.47. The van der Waals surface area contributed by atoms with Crippen LogP contribution in [0.5, 0.6) is 0 Å². The van der Waals surface area contributed by atoms with Gasteiger partial charge in [0, 0.05) is 11.4 Å². The Balaban J connectivity index is 2.25. The lowest BCUT2D eigenvalue weighted by atomic mass is 10.1. The molecule has 1 saturated heterocycles. The van der Waals surface area contributed by atoms with Crippen molar-refractivity contribution in [3.05, 3.63) is 11.1 Å². The largest absolute Gasteiger partial charge is 0.327 e. The molecule has 7 heteroatoms. The first-order valence-electron chi connectivity index (χ1n) is 6.29. The minimum absolute atomic E-state index is 0.152. The highest BCUT2D eigenvalue weighted by atomic mass is 32.1. The lowest BCUT2D eigenvalue weighted by Crippen LogP contribution is -2.58. The number of piperazine rings is 1. The van der Waals surface area contributed by atoms with Crippen LogP contribution in [0.1, 0.15) is 32.0 Å². The van der Waals surface area contributed by atoms with E-state index in [9.17, 15) is 9.59 Å². The van der Waals surface area contributed by atoms with Crippen LogP contribution in [-0.2, 0) is 9.59 Å². The zero-order chi connectivity index (χ0) is 14.0. The first kappa shape index (κ1) is 14.0. The number of hydrogen-bond acceptors (Lipinski definition) is 6. The molecular weight excluding hydrogens is 264 g/mol. The van der Waals surface area contributed by atoms with Crippen LogP contribution in [0.15, 0.2) is 5.38 Å². The number of rotatable bonds is 4. The summed E-state index contributed by atoms with van der Waals surface area (Å²) >= 11 is 1.47. The first-order chi connectivity index (χ1) is 9.06. The van der Waals surface area contributed by atoms with Crippen molar-refractivity contribution in [2.75, 3.05) is 18.5 Å². The molecule has 0 spiro atoms. The topological polar surface area (TPSA) is 74.3 Å². The number of imide groups is 1. The van der Waals surface area contributed by atoms with Gasteiger partial charge in [-0.05, 0) is 20.4 Å². The number of carbonyl (C=O) groups excluding carboxylic acids is 2. The third-order valence-corrected chi connectivity index (χ3v) is 4.17. The third kappa shape index (κ3) is 2.76. The van der Waals surface area contributed by atoms with Gasteiger partial charge in [0.1, 0.15) is 12.6 Å². The van der Waals surface area contributed by atoms with E-state index in [1.165, 1.54) is 11.3 Å². The molecule has 1 aliphatic rings. The predicted molar refractivity (Wildman–Crippen MR) is 74.2 cm³/mol. The van der Waals surface area contributed by atoms with Crippen molar-refractivity contribution < 1.29 is 9.59 Å². The molecule has 2 rings (SSSR count). The van der Waals surface area contributed by atoms with Crippen molar-refractivity contribution in [3.63, 3.8) is 0 Å². The number of anilines is 1. The number of nitrogens with zero attached hydrogens (tertiary/aromatic N) is 2. The summed E-state index contributed by atoms with van der Waals surface area (Å²) in [6.07, 6.45) is 0.648. The van der Waals surface area contributed by atoms with Crippen molar-refractivity contribution in [2.24, 2.45) is 0 Å². The number of hydrogen-bond donors (Lipinski definition) is 2. The van der Waals surface area contributed by atoms with Crippen molar-refractivity contribution >= 4 is 28.3 Å². The summed E-state index contributed by atoms with van der Waals surface area (Å²) in [4.78, 5) is 29.6. The molecule has 0 radical (unpaired) electrons. The summed E-state index contributed by atoms with van der Waals surface area (Å²) in [5.74, 6) is -0.509. The standard InChI is InChI=1S/C12H18N4O2S/c1-4-9-11(18)15-10(17)5-16(9)12-14-8(6-19-12)7(2)13-3/h6-7,9,13H,4-5H2,1-3H3,(H,15,17,18). The maximum Gasteiger partial charge on any atom is 0.249 e. The Morgan fingerprint density at radius 1 is 1.63 bits per heavy atom. The minimum atomic E-state index is -0.318. The van der Waals surface area contributed by atoms with Crippen LogP contribution < -0.4 is 15.5 Å². The second-order valence-corrected chi connectivity index (χ2v) is 5.37. The number of nitrogens with one attached hydrogen (secondary N) is 2. The fraction of sp³-hybridized carbons (Fsp3) is 0.583. The van der Waals surface area contributed by atoms with Gasteiger partial charge in [0.15, 0.2) is 5.13 Å². The molecular formula is C12H18N4O2S. The summed E-state index contributed by atoms with van der Waals surface area (Å²) in [5, 5.41) is 8.17. The lowest BCUT2D eigenvalue weighted by Gasteiger charge is -2.33. The second-order valence-electron chi connectivity index (χ2n) is 4.53. The molecule has 2 heterocycles. The molecule has 104 valence electrons. The number of thiazole rings is 1. The van der Waals surface area contributed by atoms with Crippen molar-refractivity contribution in [1.29, 1.82) is 0 Å². The fourth-order valence-electron chi connectivity index (χ4n) is 2.03. The SMILES string of the molecule is CCC1C(=O)NC(=O)CN1c1nc(C(C)NC)cs1. The van der Waals surface area contributed by atoms with Gasteiger partial charge in [-0.3, -0.25) is 14.9 Å². The van der Waals surface area contributed by atoms with E-state index in [-0.39, 0.29) is 30.4 Å². The van der Waals surface area contributed by atoms with Crippen LogP contribution in [0.25, 0.3) is 0 Å². The highest BCUT2D eigenvalue weighted by molar-refractivity contribution is 7.13. The number of aromatic nitrogens is 1. The van der Waals surface area contributed by atoms with Crippen LogP contribution in [0.4, 0.5) is 5.13 Å². The normalized spacial score (nSPS) is 21.4. The van der Waals surface area contributed by atoms with Gasteiger partial charge in [-0.2, -0.15) is 0 Å². The maximum atomic E-state index is 11.8. The van der Waals surface area contributed by atoms with Gasteiger partial charge in [-0.15, -0.1) is 11.3 Å². The van der Waals surface area contributed by atoms with Crippen molar-refractivity contribution in [1.82, 2.24) is 15.6 Å². The van der Waals surface area contributed by atoms with E-state index in [0.717, 1.165) is 10.8 Å². The third-order valence-electron chi connectivity index (χ3n) is 3.27. The zero-order valence-electron chi connectivity index (χ0n) is 11.3. The van der Waals surface area contributed by atoms with Gasteiger partial charge < -0.3 is 10.2 Å². The molecule has 0 saturated carbocycles. The van der Waals surface area contributed by atoms with Crippen LogP contribution in [0.3, 0.4) is 0 Å². The molecule has 1 aliphatic heterocycles. The summed E-state index contributed by atoms with van der Waals surface area (Å²) in [6.45, 7) is 4.13. The summed E-state index contributed by atoms with van der Waals surface area (Å²) in [5.41, 5.74) is 0.927. The van der Waals surface area contributed by atoms with Crippen LogP contribution >= 0.6 is 11.3 Å². The lowest BCUT2D eigenvalue weighted by molar-refractivity contribution is -0.132. The molecule has 1 fully saturated rings. The summed E-state index contributed by atoms with van der Waals surface area (Å²) in [6, 6.07) is -0.166. The quantitative estimate of drug-likeness (QED) is 0.794. The van der Waals surface area contributed by atoms with Gasteiger partial charge >= 0.3 is 0 Å². The number of amides is 2. The molecule has 1 aromatic rings. The van der Waals surface area contributed by atoms with E-state index in [4.69, 9.17) is 0 Å². The Labute approximate surface area is 116 Å². The van der Waals surface area contributed by atoms with E-state index in [2.05, 4.69) is 15.6 Å². The Morgan fingerprint density at radius 2 is 2.37 bits per heavy atom. The van der Waals surface area contributed by atoms with Gasteiger partial charge in [0.05, 0.1) is 5.69 Å². The summed E-state index contributed by atoms with van der Waals surface area (Å²) in [7, 11) is 1.87. The molecule has 2 amide bonds. The Bertz CT molecular complexity index is 488. The van der Waals surface area contributed by atoms with Gasteiger partial charge in [0.2, 0.25) is 11.8 Å². The van der Waals surface area contributed by atoms with Gasteiger partial charge in [-0.25, -0.2) is 4.98 Å². The fourth-order valence-corrected chi connectivity index (χ4v) is 3.00. The molecule has 6 nitrogen and oxygen atoms in total. The van der Waals surface area contributed by atoms with E-state index < -0.39 is 0 Å². The van der Waals surface area contributed by atoms with E-state index >= 15 is 0 Å². The molecule has 2 N–H and O–H groups in total. The molecule has 0 aliphatic carbocycles. The second kappa shape index (κ2) is 5.66. The van der Waals surface area contributed by atoms with Crippen molar-refractivity contribution in [3.8, 4) is 0 Å². The minimum Gasteiger partial charge on any atom is -0.327 e.